The van der Waals surface area contributed by atoms with Crippen LogP contribution in [-0.2, 0) is 0 Å². The molecule has 0 heterocycles. The molecule has 0 bridgehead atoms. The van der Waals surface area contributed by atoms with E-state index in [1.165, 1.54) is 38.5 Å². The van der Waals surface area contributed by atoms with Gasteiger partial charge in [-0.3, -0.25) is 0 Å². The zero-order valence-electron chi connectivity index (χ0n) is 11.9. The average molecular weight is 299 g/mol. The lowest BCUT2D eigenvalue weighted by molar-refractivity contribution is 0.0110. The van der Waals surface area contributed by atoms with Crippen LogP contribution < -0.4 is 0 Å². The zero-order chi connectivity index (χ0) is 12.7. The number of halogens is 1. The highest BCUT2D eigenvalue weighted by Gasteiger charge is 2.49. The first-order valence-electron chi connectivity index (χ1n) is 7.17. The number of hydrogen-bond donors (Lipinski definition) is 0. The Hall–Kier alpha value is 0.220. The maximum absolute atomic E-state index is 3.65. The fourth-order valence-electron chi connectivity index (χ4n) is 4.79. The maximum Gasteiger partial charge on any atom is 0.00688 e. The van der Waals surface area contributed by atoms with Crippen LogP contribution in [0.2, 0.25) is 0 Å². The van der Waals surface area contributed by atoms with E-state index in [1.54, 1.807) is 11.1 Å². The Labute approximate surface area is 115 Å². The van der Waals surface area contributed by atoms with Crippen molar-refractivity contribution >= 4 is 15.9 Å². The fraction of sp³-hybridized carbons (Fsp3) is 0.875. The highest BCUT2D eigenvalue weighted by atomic mass is 79.9. The van der Waals surface area contributed by atoms with Crippen LogP contribution in [0, 0.1) is 16.7 Å². The van der Waals surface area contributed by atoms with Crippen LogP contribution in [0.1, 0.15) is 66.2 Å². The summed E-state index contributed by atoms with van der Waals surface area (Å²) in [7, 11) is 0. The SMILES string of the molecule is CC1=C(CCBr)[C@@]2(C)CCCC(C)(C)[C@@H]2CC1. The highest BCUT2D eigenvalue weighted by Crippen LogP contribution is 2.60. The topological polar surface area (TPSA) is 0 Å². The molecule has 0 N–H and O–H groups in total. The van der Waals surface area contributed by atoms with Gasteiger partial charge in [0, 0.05) is 5.33 Å². The molecule has 98 valence electrons. The van der Waals surface area contributed by atoms with Crippen LogP contribution in [0.15, 0.2) is 11.1 Å². The molecular formula is C16H27Br. The first kappa shape index (κ1) is 13.6. The molecule has 1 heteroatoms. The highest BCUT2D eigenvalue weighted by molar-refractivity contribution is 9.09. The number of rotatable bonds is 2. The number of allylic oxidation sites excluding steroid dienone is 2. The van der Waals surface area contributed by atoms with Crippen molar-refractivity contribution in [2.75, 3.05) is 5.33 Å². The van der Waals surface area contributed by atoms with Crippen molar-refractivity contribution in [2.24, 2.45) is 16.7 Å². The van der Waals surface area contributed by atoms with Gasteiger partial charge in [-0.2, -0.15) is 0 Å². The van der Waals surface area contributed by atoms with Gasteiger partial charge in [0.15, 0.2) is 0 Å². The second kappa shape index (κ2) is 4.72. The summed E-state index contributed by atoms with van der Waals surface area (Å²) in [6, 6.07) is 0. The van der Waals surface area contributed by atoms with E-state index in [0.29, 0.717) is 10.8 Å². The van der Waals surface area contributed by atoms with E-state index in [1.807, 2.05) is 0 Å². The average Bonchev–Trinajstić information content (AvgIpc) is 2.22. The lowest BCUT2D eigenvalue weighted by Gasteiger charge is -2.55. The third-order valence-corrected chi connectivity index (χ3v) is 5.98. The summed E-state index contributed by atoms with van der Waals surface area (Å²) < 4.78 is 0. The van der Waals surface area contributed by atoms with Crippen LogP contribution >= 0.6 is 15.9 Å². The molecule has 0 aliphatic heterocycles. The summed E-state index contributed by atoms with van der Waals surface area (Å²) >= 11 is 3.65. The van der Waals surface area contributed by atoms with Gasteiger partial charge in [-0.05, 0) is 55.8 Å². The molecule has 0 unspecified atom stereocenters. The fourth-order valence-corrected chi connectivity index (χ4v) is 5.18. The second-order valence-corrected chi connectivity index (χ2v) is 7.84. The van der Waals surface area contributed by atoms with Crippen LogP contribution in [0.5, 0.6) is 0 Å². The number of fused-ring (bicyclic) bond motifs is 1. The minimum atomic E-state index is 0.498. The van der Waals surface area contributed by atoms with E-state index in [0.717, 1.165) is 11.2 Å². The third kappa shape index (κ3) is 2.25. The Morgan fingerprint density at radius 3 is 2.59 bits per heavy atom. The van der Waals surface area contributed by atoms with Gasteiger partial charge in [0.2, 0.25) is 0 Å². The van der Waals surface area contributed by atoms with Crippen LogP contribution in [0.3, 0.4) is 0 Å². The molecule has 0 aromatic rings. The molecule has 0 saturated heterocycles. The Bertz CT molecular complexity index is 326. The molecular weight excluding hydrogens is 272 g/mol. The molecule has 17 heavy (non-hydrogen) atoms. The van der Waals surface area contributed by atoms with Crippen molar-refractivity contribution in [1.82, 2.24) is 0 Å². The maximum atomic E-state index is 3.65. The van der Waals surface area contributed by atoms with Crippen molar-refractivity contribution in [2.45, 2.75) is 66.2 Å². The summed E-state index contributed by atoms with van der Waals surface area (Å²) in [6.45, 7) is 9.93. The second-order valence-electron chi connectivity index (χ2n) is 7.05. The third-order valence-electron chi connectivity index (χ3n) is 5.59. The summed E-state index contributed by atoms with van der Waals surface area (Å²) in [5.41, 5.74) is 4.53. The molecule has 0 aromatic heterocycles. The largest absolute Gasteiger partial charge is 0.0925 e. The Kier molecular flexibility index (Phi) is 3.79. The number of alkyl halides is 1. The van der Waals surface area contributed by atoms with Gasteiger partial charge in [-0.1, -0.05) is 54.3 Å². The summed E-state index contributed by atoms with van der Waals surface area (Å²) in [6.07, 6.45) is 8.27. The van der Waals surface area contributed by atoms with Crippen LogP contribution in [-0.4, -0.2) is 5.33 Å². The molecule has 0 nitrogen and oxygen atoms in total. The van der Waals surface area contributed by atoms with Gasteiger partial charge in [0.25, 0.3) is 0 Å². The van der Waals surface area contributed by atoms with Gasteiger partial charge < -0.3 is 0 Å². The van der Waals surface area contributed by atoms with E-state index in [2.05, 4.69) is 43.6 Å². The molecule has 0 amide bonds. The summed E-state index contributed by atoms with van der Waals surface area (Å²) in [5, 5.41) is 1.13. The van der Waals surface area contributed by atoms with Crippen molar-refractivity contribution < 1.29 is 0 Å². The molecule has 2 atom stereocenters. The first-order chi connectivity index (χ1) is 7.92. The van der Waals surface area contributed by atoms with E-state index in [4.69, 9.17) is 0 Å². The van der Waals surface area contributed by atoms with Gasteiger partial charge in [-0.15, -0.1) is 0 Å². The molecule has 0 spiro atoms. The van der Waals surface area contributed by atoms with E-state index in [9.17, 15) is 0 Å². The van der Waals surface area contributed by atoms with E-state index < -0.39 is 0 Å². The molecule has 0 aromatic carbocycles. The quantitative estimate of drug-likeness (QED) is 0.452. The van der Waals surface area contributed by atoms with Gasteiger partial charge in [-0.25, -0.2) is 0 Å². The van der Waals surface area contributed by atoms with Gasteiger partial charge in [0.05, 0.1) is 0 Å². The smallest absolute Gasteiger partial charge is 0.00688 e. The minimum Gasteiger partial charge on any atom is -0.0925 e. The van der Waals surface area contributed by atoms with Crippen molar-refractivity contribution in [1.29, 1.82) is 0 Å². The molecule has 0 radical (unpaired) electrons. The molecule has 1 saturated carbocycles. The predicted molar refractivity (Wildman–Crippen MR) is 79.6 cm³/mol. The first-order valence-corrected chi connectivity index (χ1v) is 8.29. The minimum absolute atomic E-state index is 0.498. The normalized spacial score (nSPS) is 36.9. The summed E-state index contributed by atoms with van der Waals surface area (Å²) in [5.74, 6) is 0.904. The Morgan fingerprint density at radius 1 is 1.24 bits per heavy atom. The Morgan fingerprint density at radius 2 is 1.94 bits per heavy atom. The molecule has 2 rings (SSSR count). The molecule has 2 aliphatic rings. The van der Waals surface area contributed by atoms with E-state index >= 15 is 0 Å². The van der Waals surface area contributed by atoms with Crippen LogP contribution in [0.4, 0.5) is 0 Å². The number of hydrogen-bond acceptors (Lipinski definition) is 0. The monoisotopic (exact) mass is 298 g/mol. The molecule has 2 aliphatic carbocycles. The van der Waals surface area contributed by atoms with E-state index in [-0.39, 0.29) is 0 Å². The van der Waals surface area contributed by atoms with Crippen molar-refractivity contribution in [3.63, 3.8) is 0 Å². The lowest BCUT2D eigenvalue weighted by Crippen LogP contribution is -2.45. The van der Waals surface area contributed by atoms with Gasteiger partial charge >= 0.3 is 0 Å². The van der Waals surface area contributed by atoms with Crippen molar-refractivity contribution in [3.05, 3.63) is 11.1 Å². The van der Waals surface area contributed by atoms with Gasteiger partial charge in [0.1, 0.15) is 0 Å². The predicted octanol–water partition coefficient (Wildman–Crippen LogP) is 5.71. The Balaban J connectivity index is 2.39. The summed E-state index contributed by atoms with van der Waals surface area (Å²) in [4.78, 5) is 0. The van der Waals surface area contributed by atoms with Crippen LogP contribution in [0.25, 0.3) is 0 Å². The standard InChI is InChI=1S/C16H27Br/c1-12-6-7-14-15(2,3)9-5-10-16(14,4)13(12)8-11-17/h14H,5-11H2,1-4H3/t14-,16+/m0/s1. The van der Waals surface area contributed by atoms with Crippen molar-refractivity contribution in [3.8, 4) is 0 Å². The lowest BCUT2D eigenvalue weighted by atomic mass is 9.50. The molecule has 1 fully saturated rings. The zero-order valence-corrected chi connectivity index (χ0v) is 13.5.